The van der Waals surface area contributed by atoms with Crippen molar-refractivity contribution in [2.75, 3.05) is 18.8 Å². The number of nitrogens with zero attached hydrogens (tertiary/aromatic N) is 3. The largest absolute Gasteiger partial charge is 0.384 e. The second-order valence-corrected chi connectivity index (χ2v) is 4.25. The van der Waals surface area contributed by atoms with Gasteiger partial charge in [-0.3, -0.25) is 0 Å². The van der Waals surface area contributed by atoms with E-state index >= 15 is 0 Å². The van der Waals surface area contributed by atoms with E-state index in [9.17, 15) is 0 Å². The number of nitrogen functional groups attached to an aromatic ring is 1. The third kappa shape index (κ3) is 2.21. The Balaban J connectivity index is 0.00000108. The van der Waals surface area contributed by atoms with Gasteiger partial charge in [-0.2, -0.15) is 0 Å². The van der Waals surface area contributed by atoms with E-state index in [1.807, 2.05) is 12.4 Å². The van der Waals surface area contributed by atoms with Gasteiger partial charge >= 0.3 is 0 Å². The van der Waals surface area contributed by atoms with E-state index in [4.69, 9.17) is 5.73 Å². The van der Waals surface area contributed by atoms with Gasteiger partial charge in [0, 0.05) is 18.7 Å². The normalized spacial score (nSPS) is 20.1. The van der Waals surface area contributed by atoms with Gasteiger partial charge in [-0.15, -0.1) is 12.4 Å². The van der Waals surface area contributed by atoms with Crippen molar-refractivity contribution in [1.29, 1.82) is 0 Å². The third-order valence-corrected chi connectivity index (χ3v) is 3.15. The first-order valence-electron chi connectivity index (χ1n) is 5.63. The Morgan fingerprint density at radius 3 is 3.06 bits per heavy atom. The highest BCUT2D eigenvalue weighted by Gasteiger charge is 2.16. The predicted octanol–water partition coefficient (Wildman–Crippen LogP) is 1.36. The van der Waals surface area contributed by atoms with Crippen LogP contribution in [0.25, 0.3) is 11.0 Å². The lowest BCUT2D eigenvalue weighted by atomic mass is 10.1. The molecule has 1 unspecified atom stereocenters. The second kappa shape index (κ2) is 4.89. The lowest BCUT2D eigenvalue weighted by molar-refractivity contribution is 0.378. The van der Waals surface area contributed by atoms with E-state index < -0.39 is 0 Å². The SMILES string of the molecule is Cl.Nc1cc2c(cn1)ncn2C1CCCNC1. The van der Waals surface area contributed by atoms with Crippen LogP contribution in [0.1, 0.15) is 18.9 Å². The average molecular weight is 254 g/mol. The summed E-state index contributed by atoms with van der Waals surface area (Å²) < 4.78 is 2.21. The Morgan fingerprint density at radius 2 is 2.29 bits per heavy atom. The van der Waals surface area contributed by atoms with Crippen molar-refractivity contribution < 1.29 is 0 Å². The summed E-state index contributed by atoms with van der Waals surface area (Å²) in [7, 11) is 0. The smallest absolute Gasteiger partial charge is 0.125 e. The van der Waals surface area contributed by atoms with E-state index in [1.54, 1.807) is 6.20 Å². The highest BCUT2D eigenvalue weighted by atomic mass is 35.5. The van der Waals surface area contributed by atoms with E-state index in [-0.39, 0.29) is 12.4 Å². The molecule has 3 heterocycles. The van der Waals surface area contributed by atoms with Crippen molar-refractivity contribution in [3.05, 3.63) is 18.6 Å². The Hall–Kier alpha value is -1.33. The number of piperidine rings is 1. The summed E-state index contributed by atoms with van der Waals surface area (Å²) in [6, 6.07) is 2.39. The van der Waals surface area contributed by atoms with E-state index in [0.717, 1.165) is 24.1 Å². The molecule has 1 aliphatic heterocycles. The summed E-state index contributed by atoms with van der Waals surface area (Å²) in [5, 5.41) is 3.41. The van der Waals surface area contributed by atoms with Crippen LogP contribution >= 0.6 is 12.4 Å². The molecule has 0 radical (unpaired) electrons. The van der Waals surface area contributed by atoms with Crippen LogP contribution in [-0.4, -0.2) is 27.6 Å². The summed E-state index contributed by atoms with van der Waals surface area (Å²) in [6.45, 7) is 2.13. The minimum atomic E-state index is 0. The fourth-order valence-electron chi connectivity index (χ4n) is 2.31. The summed E-state index contributed by atoms with van der Waals surface area (Å²) in [5.74, 6) is 0.554. The van der Waals surface area contributed by atoms with Crippen molar-refractivity contribution in [1.82, 2.24) is 19.9 Å². The van der Waals surface area contributed by atoms with E-state index in [0.29, 0.717) is 11.9 Å². The van der Waals surface area contributed by atoms with Crippen LogP contribution < -0.4 is 11.1 Å². The molecule has 3 rings (SSSR count). The number of anilines is 1. The minimum Gasteiger partial charge on any atom is -0.384 e. The Kier molecular flexibility index (Phi) is 3.49. The summed E-state index contributed by atoms with van der Waals surface area (Å²) in [4.78, 5) is 8.40. The molecule has 2 aromatic rings. The molecule has 6 heteroatoms. The van der Waals surface area contributed by atoms with Gasteiger partial charge in [0.2, 0.25) is 0 Å². The van der Waals surface area contributed by atoms with Crippen LogP contribution in [0.4, 0.5) is 5.82 Å². The number of hydrogen-bond donors (Lipinski definition) is 2. The van der Waals surface area contributed by atoms with Crippen molar-refractivity contribution in [3.8, 4) is 0 Å². The predicted molar refractivity (Wildman–Crippen MR) is 70.3 cm³/mol. The van der Waals surface area contributed by atoms with Gasteiger partial charge in [0.1, 0.15) is 11.3 Å². The van der Waals surface area contributed by atoms with Gasteiger partial charge in [0.05, 0.1) is 18.0 Å². The molecule has 5 nitrogen and oxygen atoms in total. The number of nitrogens with one attached hydrogen (secondary N) is 1. The molecule has 1 fully saturated rings. The number of pyridine rings is 1. The molecule has 0 saturated carbocycles. The maximum absolute atomic E-state index is 5.71. The molecular weight excluding hydrogens is 238 g/mol. The van der Waals surface area contributed by atoms with Crippen molar-refractivity contribution in [3.63, 3.8) is 0 Å². The Morgan fingerprint density at radius 1 is 1.41 bits per heavy atom. The molecule has 1 atom stereocenters. The van der Waals surface area contributed by atoms with Crippen molar-refractivity contribution in [2.45, 2.75) is 18.9 Å². The Labute approximate surface area is 106 Å². The number of hydrogen-bond acceptors (Lipinski definition) is 4. The topological polar surface area (TPSA) is 68.8 Å². The Bertz CT molecular complexity index is 504. The van der Waals surface area contributed by atoms with Gasteiger partial charge in [-0.05, 0) is 19.4 Å². The summed E-state index contributed by atoms with van der Waals surface area (Å²) in [6.07, 6.45) is 6.03. The zero-order chi connectivity index (χ0) is 11.0. The maximum atomic E-state index is 5.71. The molecule has 1 saturated heterocycles. The number of imidazole rings is 1. The number of rotatable bonds is 1. The summed E-state index contributed by atoms with van der Waals surface area (Å²) >= 11 is 0. The lowest BCUT2D eigenvalue weighted by Gasteiger charge is -2.24. The molecule has 2 aromatic heterocycles. The monoisotopic (exact) mass is 253 g/mol. The molecular formula is C11H16ClN5. The number of halogens is 1. The lowest BCUT2D eigenvalue weighted by Crippen LogP contribution is -2.31. The molecule has 0 spiro atoms. The number of nitrogens with two attached hydrogens (primary N) is 1. The molecule has 92 valence electrons. The van der Waals surface area contributed by atoms with Gasteiger partial charge in [-0.1, -0.05) is 0 Å². The first-order chi connectivity index (χ1) is 7.84. The van der Waals surface area contributed by atoms with Crippen LogP contribution in [0.5, 0.6) is 0 Å². The first-order valence-corrected chi connectivity index (χ1v) is 5.63. The van der Waals surface area contributed by atoms with E-state index in [2.05, 4.69) is 19.9 Å². The quantitative estimate of drug-likeness (QED) is 0.805. The molecule has 0 aromatic carbocycles. The highest BCUT2D eigenvalue weighted by Crippen LogP contribution is 2.22. The standard InChI is InChI=1S/C11H15N5.ClH/c12-11-4-10-9(6-14-11)15-7-16(10)8-2-1-3-13-5-8;/h4,6-8,13H,1-3,5H2,(H2,12,14);1H. The second-order valence-electron chi connectivity index (χ2n) is 4.25. The first kappa shape index (κ1) is 12.1. The van der Waals surface area contributed by atoms with Crippen molar-refractivity contribution in [2.24, 2.45) is 0 Å². The van der Waals surface area contributed by atoms with Crippen LogP contribution in [0.15, 0.2) is 18.6 Å². The van der Waals surface area contributed by atoms with E-state index in [1.165, 1.54) is 12.8 Å². The average Bonchev–Trinajstić information content (AvgIpc) is 2.73. The third-order valence-electron chi connectivity index (χ3n) is 3.15. The van der Waals surface area contributed by atoms with Gasteiger partial charge in [-0.25, -0.2) is 9.97 Å². The molecule has 17 heavy (non-hydrogen) atoms. The highest BCUT2D eigenvalue weighted by molar-refractivity contribution is 5.85. The maximum Gasteiger partial charge on any atom is 0.125 e. The van der Waals surface area contributed by atoms with Crippen LogP contribution in [-0.2, 0) is 0 Å². The fourth-order valence-corrected chi connectivity index (χ4v) is 2.31. The molecule has 0 amide bonds. The zero-order valence-electron chi connectivity index (χ0n) is 9.47. The number of fused-ring (bicyclic) bond motifs is 1. The fraction of sp³-hybridized carbons (Fsp3) is 0.455. The van der Waals surface area contributed by atoms with Gasteiger partial charge in [0.25, 0.3) is 0 Å². The van der Waals surface area contributed by atoms with Gasteiger partial charge < -0.3 is 15.6 Å². The van der Waals surface area contributed by atoms with Gasteiger partial charge in [0.15, 0.2) is 0 Å². The molecule has 0 aliphatic carbocycles. The van der Waals surface area contributed by atoms with Crippen molar-refractivity contribution >= 4 is 29.3 Å². The molecule has 0 bridgehead atoms. The van der Waals surface area contributed by atoms with Crippen LogP contribution in [0.2, 0.25) is 0 Å². The molecule has 1 aliphatic rings. The minimum absolute atomic E-state index is 0. The summed E-state index contributed by atoms with van der Waals surface area (Å²) in [5.41, 5.74) is 7.71. The van der Waals surface area contributed by atoms with Crippen LogP contribution in [0.3, 0.4) is 0 Å². The zero-order valence-corrected chi connectivity index (χ0v) is 10.3. The molecule has 3 N–H and O–H groups in total. The number of aromatic nitrogens is 3. The van der Waals surface area contributed by atoms with Crippen LogP contribution in [0, 0.1) is 0 Å².